The molecule has 0 aliphatic heterocycles. The van der Waals surface area contributed by atoms with Gasteiger partial charge in [-0.1, -0.05) is 105 Å². The van der Waals surface area contributed by atoms with Crippen LogP contribution in [0.4, 0.5) is 0 Å². The first-order valence-corrected chi connectivity index (χ1v) is 51.1. The Morgan fingerprint density at radius 2 is 0.550 bits per heavy atom. The Labute approximate surface area is 703 Å². The molecular formula is C94H122N6O2S8Se. The van der Waals surface area contributed by atoms with E-state index >= 15 is 0 Å². The molecule has 17 heteroatoms. The zero-order valence-electron chi connectivity index (χ0n) is 68.1. The summed E-state index contributed by atoms with van der Waals surface area (Å²) >= 11 is 14.4. The minimum absolute atomic E-state index is 0.0162. The van der Waals surface area contributed by atoms with Crippen LogP contribution in [0, 0.1) is 45.3 Å². The molecule has 0 fully saturated rings. The van der Waals surface area contributed by atoms with E-state index in [0.29, 0.717) is 31.5 Å². The molecule has 0 saturated heterocycles. The Hall–Kier alpha value is -5.50. The van der Waals surface area contributed by atoms with Crippen LogP contribution in [0.1, 0.15) is 330 Å². The van der Waals surface area contributed by atoms with Crippen LogP contribution in [0.3, 0.4) is 0 Å². The van der Waals surface area contributed by atoms with E-state index in [4.69, 9.17) is 0 Å². The molecule has 0 N–H and O–H groups in total. The summed E-state index contributed by atoms with van der Waals surface area (Å²) in [5, 5.41) is 39.8. The van der Waals surface area contributed by atoms with Gasteiger partial charge >= 0.3 is 460 Å². The molecule has 0 aromatic carbocycles. The normalized spacial score (nSPS) is 11.9. The van der Waals surface area contributed by atoms with Crippen LogP contribution in [-0.4, -0.2) is 23.6 Å². The molecule has 111 heavy (non-hydrogen) atoms. The van der Waals surface area contributed by atoms with E-state index in [-0.39, 0.29) is 36.8 Å². The second kappa shape index (κ2) is 48.8. The fraction of sp³-hybridized carbons (Fsp3) is 0.553. The number of hydrogen-bond donors (Lipinski definition) is 0. The maximum absolute atomic E-state index is 14.1. The molecule has 9 heterocycles. The second-order valence-corrected chi connectivity index (χ2v) is 41.0. The molecule has 0 bridgehead atoms. The van der Waals surface area contributed by atoms with Crippen molar-refractivity contribution < 1.29 is 0 Å². The molecule has 0 radical (unpaired) electrons. The molecule has 9 rings (SSSR count). The van der Waals surface area contributed by atoms with Crippen LogP contribution in [-0.2, 0) is 51.6 Å². The van der Waals surface area contributed by atoms with Crippen LogP contribution in [0.25, 0.3) is 80.9 Å². The maximum atomic E-state index is 14.1. The minimum atomic E-state index is -0.142. The van der Waals surface area contributed by atoms with Crippen LogP contribution >= 0.6 is 90.7 Å². The van der Waals surface area contributed by atoms with E-state index in [1.165, 1.54) is 319 Å². The average Bonchev–Trinajstić information content (AvgIpc) is 1.62. The first kappa shape index (κ1) is 89.4. The molecule has 0 unspecified atom stereocenters. The van der Waals surface area contributed by atoms with E-state index in [0.717, 1.165) is 74.0 Å². The molecule has 9 aromatic heterocycles. The predicted molar refractivity (Wildman–Crippen MR) is 489 cm³/mol. The number of rotatable bonds is 52. The van der Waals surface area contributed by atoms with Gasteiger partial charge in [0.1, 0.15) is 33.6 Å². The fourth-order valence-electron chi connectivity index (χ4n) is 15.2. The zero-order chi connectivity index (χ0) is 78.7. The summed E-state index contributed by atoms with van der Waals surface area (Å²) in [7, 11) is 0. The van der Waals surface area contributed by atoms with Crippen molar-refractivity contribution in [3.8, 4) is 81.9 Å². The quantitative estimate of drug-likeness (QED) is 0.0275. The molecule has 594 valence electrons. The van der Waals surface area contributed by atoms with Gasteiger partial charge in [0, 0.05) is 13.1 Å². The van der Waals surface area contributed by atoms with Crippen molar-refractivity contribution in [2.45, 2.75) is 338 Å². The van der Waals surface area contributed by atoms with E-state index in [1.807, 2.05) is 94.0 Å². The number of thiophene rings is 6. The summed E-state index contributed by atoms with van der Waals surface area (Å²) in [6.45, 7) is 18.4. The first-order chi connectivity index (χ1) is 54.4. The van der Waals surface area contributed by atoms with Gasteiger partial charge in [0.15, 0.2) is 11.1 Å². The Balaban J connectivity index is 1.15. The standard InChI is InChI=1S/C94H122N6O2S8Se/c1-9-17-23-29-35-41-47-67-55-75(61-81-91(101)99(15-7)93(109-81)73(63-95)64-96)103-87(67)89-71(51-45-39-33-27-21-13-5)59-79(107-89)77-57-69(49-43-37-31-25-19-11-3)85(105-77)83-53-54-84(111-83)86-70(50-44-38-32-26-20-12-4)58-78(106-86)80-60-72(52-46-40-34-28-22-14-6)90(108-80)88-68(48-42-36-30-24-18-10-2)56-76(104-88)62-82-92(102)100(16-8)94(110-82)74(65-97)66-98/h53-62H,9-52H2,1-8H3/b81-61-,82-62+. The van der Waals surface area contributed by atoms with Crippen molar-refractivity contribution >= 4 is 128 Å². The fourth-order valence-corrected chi connectivity index (χ4v) is 28.0. The Bertz CT molecular complexity index is 4610. The van der Waals surface area contributed by atoms with Gasteiger partial charge in [0.25, 0.3) is 11.1 Å². The van der Waals surface area contributed by atoms with Crippen molar-refractivity contribution in [2.24, 2.45) is 0 Å². The number of nitriles is 4. The van der Waals surface area contributed by atoms with Gasteiger partial charge < -0.3 is 0 Å². The molecule has 0 spiro atoms. The molecule has 8 nitrogen and oxygen atoms in total. The Morgan fingerprint density at radius 3 is 0.811 bits per heavy atom. The summed E-state index contributed by atoms with van der Waals surface area (Å²) in [6.07, 6.45) is 55.0. The summed E-state index contributed by atoms with van der Waals surface area (Å²) < 4.78 is 8.20. The van der Waals surface area contributed by atoms with Gasteiger partial charge in [0.2, 0.25) is 0 Å². The van der Waals surface area contributed by atoms with Gasteiger partial charge in [-0.15, -0.1) is 22.7 Å². The predicted octanol–water partition coefficient (Wildman–Crippen LogP) is 27.1. The second-order valence-electron chi connectivity index (χ2n) is 30.3. The van der Waals surface area contributed by atoms with Gasteiger partial charge in [0.05, 0.1) is 0 Å². The number of nitrogens with zero attached hydrogens (tertiary/aromatic N) is 6. The van der Waals surface area contributed by atoms with Crippen molar-refractivity contribution in [1.29, 1.82) is 21.0 Å². The van der Waals surface area contributed by atoms with Gasteiger partial charge in [-0.2, -0.15) is 21.0 Å². The molecule has 0 saturated carbocycles. The van der Waals surface area contributed by atoms with Crippen molar-refractivity contribution in [1.82, 2.24) is 9.13 Å². The Morgan fingerprint density at radius 1 is 0.315 bits per heavy atom. The number of aromatic nitrogens is 2. The first-order valence-electron chi connectivity index (χ1n) is 42.8. The average molecular weight is 1700 g/mol. The van der Waals surface area contributed by atoms with Crippen molar-refractivity contribution in [3.05, 3.63) is 131 Å². The van der Waals surface area contributed by atoms with Gasteiger partial charge in [-0.25, -0.2) is 0 Å². The van der Waals surface area contributed by atoms with E-state index < -0.39 is 0 Å². The molecule has 9 aromatic rings. The third-order valence-corrected chi connectivity index (χ3v) is 34.5. The molecule has 0 aliphatic rings. The van der Waals surface area contributed by atoms with Gasteiger partial charge in [-0.3, -0.25) is 18.7 Å². The SMILES string of the molecule is CCCCCCCCc1cc(-c2cc(CCCCCCCC)c(-c3sc(/C=c4\sc(=C(C#N)C#N)n(CC)c4=O)cc3CCCCCCCC)s2)sc1-c1ccc(-c2sc(-c3cc(CCCCCCCC)c(-c4sc(/C=c5/sc(=C(C#N)C#N)n(CC)c5=O)cc4CCCCCCCC)s3)cc2CCCCCCCC)[se]1. The molecule has 0 aliphatic carbocycles. The summed E-state index contributed by atoms with van der Waals surface area (Å²) in [5.41, 5.74) is 8.33. The summed E-state index contributed by atoms with van der Waals surface area (Å²) in [6, 6.07) is 28.4. The number of thiazole rings is 2. The third kappa shape index (κ3) is 25.5. The molecular weight excluding hydrogens is 1580 g/mol. The molecule has 0 atom stereocenters. The summed E-state index contributed by atoms with van der Waals surface area (Å²) in [4.78, 5) is 44.2. The van der Waals surface area contributed by atoms with Crippen LogP contribution in [0.2, 0.25) is 0 Å². The van der Waals surface area contributed by atoms with Crippen molar-refractivity contribution in [3.63, 3.8) is 0 Å². The van der Waals surface area contributed by atoms with Crippen LogP contribution < -0.4 is 29.5 Å². The Kier molecular flexibility index (Phi) is 39.3. The van der Waals surface area contributed by atoms with Crippen molar-refractivity contribution in [2.75, 3.05) is 0 Å². The number of aryl methyl sites for hydroxylation is 6. The number of hydrogen-bond acceptors (Lipinski definition) is 14. The topological polar surface area (TPSA) is 139 Å². The van der Waals surface area contributed by atoms with E-state index in [1.54, 1.807) is 9.13 Å². The van der Waals surface area contributed by atoms with E-state index in [9.17, 15) is 30.6 Å². The van der Waals surface area contributed by atoms with Crippen LogP contribution in [0.5, 0.6) is 0 Å². The monoisotopic (exact) mass is 1700 g/mol. The summed E-state index contributed by atoms with van der Waals surface area (Å²) in [5.74, 6) is 0. The number of unbranched alkanes of at least 4 members (excludes halogenated alkanes) is 30. The van der Waals surface area contributed by atoms with Gasteiger partial charge in [-0.05, 0) is 13.8 Å². The van der Waals surface area contributed by atoms with E-state index in [2.05, 4.69) is 114 Å². The zero-order valence-corrected chi connectivity index (χ0v) is 76.3. The molecule has 0 amide bonds. The third-order valence-electron chi connectivity index (χ3n) is 21.5. The van der Waals surface area contributed by atoms with Crippen LogP contribution in [0.15, 0.2) is 58.1 Å².